The van der Waals surface area contributed by atoms with E-state index in [-0.39, 0.29) is 18.2 Å². The van der Waals surface area contributed by atoms with Crippen molar-refractivity contribution in [3.8, 4) is 0 Å². The van der Waals surface area contributed by atoms with Crippen LogP contribution in [0.5, 0.6) is 0 Å². The van der Waals surface area contributed by atoms with Crippen LogP contribution in [0, 0.1) is 13.8 Å². The summed E-state index contributed by atoms with van der Waals surface area (Å²) >= 11 is 1.30. The molecular formula is C22H21N3O2S. The van der Waals surface area contributed by atoms with Crippen molar-refractivity contribution < 1.29 is 9.59 Å². The minimum atomic E-state index is -0.260. The zero-order valence-corrected chi connectivity index (χ0v) is 16.5. The molecule has 3 aromatic rings. The first-order valence-corrected chi connectivity index (χ1v) is 9.73. The van der Waals surface area contributed by atoms with Crippen LogP contribution in [-0.4, -0.2) is 16.8 Å². The molecule has 1 heterocycles. The van der Waals surface area contributed by atoms with E-state index in [2.05, 4.69) is 15.6 Å². The first-order valence-electron chi connectivity index (χ1n) is 8.85. The molecule has 142 valence electrons. The van der Waals surface area contributed by atoms with E-state index in [4.69, 9.17) is 0 Å². The summed E-state index contributed by atoms with van der Waals surface area (Å²) in [7, 11) is 0. The second-order valence-electron chi connectivity index (χ2n) is 6.42. The van der Waals surface area contributed by atoms with E-state index in [9.17, 15) is 9.59 Å². The molecule has 6 heteroatoms. The lowest BCUT2D eigenvalue weighted by Gasteiger charge is -2.08. The predicted molar refractivity (Wildman–Crippen MR) is 114 cm³/mol. The monoisotopic (exact) mass is 391 g/mol. The zero-order valence-electron chi connectivity index (χ0n) is 15.7. The van der Waals surface area contributed by atoms with E-state index in [1.54, 1.807) is 11.5 Å². The summed E-state index contributed by atoms with van der Waals surface area (Å²) in [5.74, 6) is -0.399. The number of aromatic nitrogens is 1. The van der Waals surface area contributed by atoms with Gasteiger partial charge in [0, 0.05) is 17.1 Å². The van der Waals surface area contributed by atoms with Gasteiger partial charge in [-0.3, -0.25) is 14.9 Å². The minimum Gasteiger partial charge on any atom is -0.326 e. The third kappa shape index (κ3) is 5.62. The molecule has 0 aliphatic heterocycles. The number of carbonyl (C=O) groups excluding carboxylic acids is 2. The minimum absolute atomic E-state index is 0.140. The third-order valence-corrected chi connectivity index (χ3v) is 4.81. The Morgan fingerprint density at radius 2 is 1.86 bits per heavy atom. The normalized spacial score (nSPS) is 10.8. The standard InChI is InChI=1S/C22H21N3O2S/c1-15-8-10-19(16(2)12-15)24-21(27)13-18-14-28-22(23-18)25-20(26)11-9-17-6-4-3-5-7-17/h3-12,14H,13H2,1-2H3,(H,24,27)(H,23,25,26)/b11-9+. The Morgan fingerprint density at radius 1 is 1.07 bits per heavy atom. The number of thiazole rings is 1. The highest BCUT2D eigenvalue weighted by molar-refractivity contribution is 7.14. The summed E-state index contributed by atoms with van der Waals surface area (Å²) in [6.07, 6.45) is 3.35. The molecule has 0 radical (unpaired) electrons. The average Bonchev–Trinajstić information content (AvgIpc) is 3.10. The summed E-state index contributed by atoms with van der Waals surface area (Å²) in [5.41, 5.74) is 4.53. The fourth-order valence-electron chi connectivity index (χ4n) is 2.64. The van der Waals surface area contributed by atoms with E-state index in [1.165, 1.54) is 17.4 Å². The second kappa shape index (κ2) is 9.10. The van der Waals surface area contributed by atoms with Gasteiger partial charge >= 0.3 is 0 Å². The van der Waals surface area contributed by atoms with Gasteiger partial charge < -0.3 is 5.32 Å². The lowest BCUT2D eigenvalue weighted by atomic mass is 10.1. The highest BCUT2D eigenvalue weighted by atomic mass is 32.1. The van der Waals surface area contributed by atoms with Crippen LogP contribution in [0.2, 0.25) is 0 Å². The van der Waals surface area contributed by atoms with Gasteiger partial charge in [0.15, 0.2) is 5.13 Å². The molecule has 2 N–H and O–H groups in total. The predicted octanol–water partition coefficient (Wildman–Crippen LogP) is 4.59. The molecule has 1 aromatic heterocycles. The largest absolute Gasteiger partial charge is 0.326 e. The lowest BCUT2D eigenvalue weighted by Crippen LogP contribution is -2.15. The van der Waals surface area contributed by atoms with E-state index in [0.29, 0.717) is 10.8 Å². The lowest BCUT2D eigenvalue weighted by molar-refractivity contribution is -0.115. The number of hydrogen-bond donors (Lipinski definition) is 2. The smallest absolute Gasteiger partial charge is 0.250 e. The molecule has 3 rings (SSSR count). The van der Waals surface area contributed by atoms with Gasteiger partial charge in [-0.05, 0) is 37.1 Å². The van der Waals surface area contributed by atoms with Crippen molar-refractivity contribution in [2.24, 2.45) is 0 Å². The fraction of sp³-hybridized carbons (Fsp3) is 0.136. The number of amides is 2. The Morgan fingerprint density at radius 3 is 2.61 bits per heavy atom. The summed E-state index contributed by atoms with van der Waals surface area (Å²) in [6, 6.07) is 15.5. The quantitative estimate of drug-likeness (QED) is 0.604. The number of nitrogens with zero attached hydrogens (tertiary/aromatic N) is 1. The van der Waals surface area contributed by atoms with Crippen LogP contribution in [-0.2, 0) is 16.0 Å². The van der Waals surface area contributed by atoms with Crippen molar-refractivity contribution >= 4 is 40.0 Å². The number of hydrogen-bond acceptors (Lipinski definition) is 4. The molecule has 2 aromatic carbocycles. The van der Waals surface area contributed by atoms with Crippen molar-refractivity contribution in [3.63, 3.8) is 0 Å². The van der Waals surface area contributed by atoms with Crippen molar-refractivity contribution in [1.29, 1.82) is 0 Å². The first kappa shape index (κ1) is 19.5. The molecule has 0 fully saturated rings. The molecular weight excluding hydrogens is 370 g/mol. The van der Waals surface area contributed by atoms with Crippen molar-refractivity contribution in [2.75, 3.05) is 10.6 Å². The van der Waals surface area contributed by atoms with E-state index in [0.717, 1.165) is 22.4 Å². The summed E-state index contributed by atoms with van der Waals surface area (Å²) in [4.78, 5) is 28.6. The van der Waals surface area contributed by atoms with Crippen LogP contribution >= 0.6 is 11.3 Å². The number of aryl methyl sites for hydroxylation is 2. The molecule has 0 saturated carbocycles. The molecule has 0 atom stereocenters. The summed E-state index contributed by atoms with van der Waals surface area (Å²) < 4.78 is 0. The summed E-state index contributed by atoms with van der Waals surface area (Å²) in [5, 5.41) is 7.87. The fourth-order valence-corrected chi connectivity index (χ4v) is 3.35. The van der Waals surface area contributed by atoms with Crippen LogP contribution in [0.15, 0.2) is 60.0 Å². The first-order chi connectivity index (χ1) is 13.5. The number of rotatable bonds is 6. The summed E-state index contributed by atoms with van der Waals surface area (Å²) in [6.45, 7) is 3.97. The molecule has 28 heavy (non-hydrogen) atoms. The Labute approximate surface area is 168 Å². The average molecular weight is 391 g/mol. The van der Waals surface area contributed by atoms with Crippen molar-refractivity contribution in [1.82, 2.24) is 4.98 Å². The second-order valence-corrected chi connectivity index (χ2v) is 7.28. The van der Waals surface area contributed by atoms with E-state index < -0.39 is 0 Å². The Bertz CT molecular complexity index is 1010. The SMILES string of the molecule is Cc1ccc(NC(=O)Cc2csc(NC(=O)/C=C/c3ccccc3)n2)c(C)c1. The molecule has 0 aliphatic carbocycles. The van der Waals surface area contributed by atoms with Gasteiger partial charge in [0.2, 0.25) is 11.8 Å². The van der Waals surface area contributed by atoms with Crippen LogP contribution in [0.3, 0.4) is 0 Å². The number of carbonyl (C=O) groups is 2. The van der Waals surface area contributed by atoms with Crippen LogP contribution in [0.25, 0.3) is 6.08 Å². The molecule has 0 aliphatic rings. The molecule has 2 amide bonds. The molecule has 0 spiro atoms. The maximum atomic E-state index is 12.3. The number of anilines is 2. The molecule has 0 saturated heterocycles. The van der Waals surface area contributed by atoms with Gasteiger partial charge in [-0.1, -0.05) is 48.0 Å². The maximum absolute atomic E-state index is 12.3. The van der Waals surface area contributed by atoms with Crippen LogP contribution in [0.4, 0.5) is 10.8 Å². The van der Waals surface area contributed by atoms with Gasteiger partial charge in [-0.25, -0.2) is 4.98 Å². The molecule has 0 bridgehead atoms. The molecule has 0 unspecified atom stereocenters. The number of benzene rings is 2. The van der Waals surface area contributed by atoms with Gasteiger partial charge in [0.05, 0.1) is 12.1 Å². The topological polar surface area (TPSA) is 71.1 Å². The Balaban J connectivity index is 1.54. The van der Waals surface area contributed by atoms with Gasteiger partial charge in [-0.15, -0.1) is 11.3 Å². The van der Waals surface area contributed by atoms with Crippen LogP contribution < -0.4 is 10.6 Å². The van der Waals surface area contributed by atoms with Crippen molar-refractivity contribution in [3.05, 3.63) is 82.4 Å². The van der Waals surface area contributed by atoms with Crippen LogP contribution in [0.1, 0.15) is 22.4 Å². The number of nitrogens with one attached hydrogen (secondary N) is 2. The Kier molecular flexibility index (Phi) is 6.34. The zero-order chi connectivity index (χ0) is 19.9. The third-order valence-electron chi connectivity index (χ3n) is 4.01. The highest BCUT2D eigenvalue weighted by Crippen LogP contribution is 2.18. The van der Waals surface area contributed by atoms with Gasteiger partial charge in [0.1, 0.15) is 0 Å². The maximum Gasteiger partial charge on any atom is 0.250 e. The van der Waals surface area contributed by atoms with E-state index in [1.807, 2.05) is 62.4 Å². The Hall–Kier alpha value is -3.25. The highest BCUT2D eigenvalue weighted by Gasteiger charge is 2.10. The molecule has 5 nitrogen and oxygen atoms in total. The van der Waals surface area contributed by atoms with Gasteiger partial charge in [-0.2, -0.15) is 0 Å². The van der Waals surface area contributed by atoms with Crippen molar-refractivity contribution in [2.45, 2.75) is 20.3 Å². The van der Waals surface area contributed by atoms with E-state index >= 15 is 0 Å². The van der Waals surface area contributed by atoms with Gasteiger partial charge in [0.25, 0.3) is 0 Å².